The number of aromatic nitrogens is 2. The largest absolute Gasteiger partial charge is 0.462 e. The van der Waals surface area contributed by atoms with Crippen molar-refractivity contribution in [1.29, 1.82) is 0 Å². The Kier molecular flexibility index (Phi) is 5.06. The van der Waals surface area contributed by atoms with Gasteiger partial charge in [-0.1, -0.05) is 0 Å². The highest BCUT2D eigenvalue weighted by atomic mass is 32.1. The fraction of sp³-hybridized carbons (Fsp3) is 0.357. The normalized spacial score (nSPS) is 10.3. The third-order valence-electron chi connectivity index (χ3n) is 2.63. The summed E-state index contributed by atoms with van der Waals surface area (Å²) < 4.78 is 4.90. The van der Waals surface area contributed by atoms with E-state index in [-0.39, 0.29) is 5.97 Å². The van der Waals surface area contributed by atoms with E-state index in [4.69, 9.17) is 4.74 Å². The van der Waals surface area contributed by atoms with Crippen molar-refractivity contribution in [2.24, 2.45) is 0 Å². The molecule has 6 heteroatoms. The molecule has 0 bridgehead atoms. The van der Waals surface area contributed by atoms with Crippen molar-refractivity contribution >= 4 is 23.1 Å². The standard InChI is InChI=1S/C14H17N3O2S/c1-3-19-14(18)11-4-5-13(16-8-11)15-7-6-12-9-20-10(2)17-12/h4-5,8-9H,3,6-7H2,1-2H3,(H,15,16). The Morgan fingerprint density at radius 1 is 1.45 bits per heavy atom. The molecule has 0 aliphatic heterocycles. The van der Waals surface area contributed by atoms with Gasteiger partial charge >= 0.3 is 5.97 Å². The Morgan fingerprint density at radius 3 is 2.90 bits per heavy atom. The van der Waals surface area contributed by atoms with E-state index in [9.17, 15) is 4.79 Å². The second kappa shape index (κ2) is 7.00. The van der Waals surface area contributed by atoms with Crippen LogP contribution >= 0.6 is 11.3 Å². The van der Waals surface area contributed by atoms with E-state index in [1.807, 2.05) is 6.92 Å². The lowest BCUT2D eigenvalue weighted by Crippen LogP contribution is -2.08. The molecule has 0 radical (unpaired) electrons. The van der Waals surface area contributed by atoms with Crippen LogP contribution in [0.1, 0.15) is 28.0 Å². The van der Waals surface area contributed by atoms with Crippen molar-refractivity contribution in [3.05, 3.63) is 40.0 Å². The number of carbonyl (C=O) groups is 1. The highest BCUT2D eigenvalue weighted by molar-refractivity contribution is 7.09. The van der Waals surface area contributed by atoms with Gasteiger partial charge in [-0.05, 0) is 26.0 Å². The lowest BCUT2D eigenvalue weighted by molar-refractivity contribution is 0.0526. The Balaban J connectivity index is 1.83. The molecule has 0 spiro atoms. The highest BCUT2D eigenvalue weighted by Gasteiger charge is 2.06. The molecule has 2 heterocycles. The van der Waals surface area contributed by atoms with Crippen LogP contribution in [0.4, 0.5) is 5.82 Å². The molecule has 0 unspecified atom stereocenters. The summed E-state index contributed by atoms with van der Waals surface area (Å²) in [6.45, 7) is 4.90. The minimum atomic E-state index is -0.343. The zero-order valence-corrected chi connectivity index (χ0v) is 12.4. The van der Waals surface area contributed by atoms with Crippen LogP contribution in [-0.4, -0.2) is 29.1 Å². The van der Waals surface area contributed by atoms with Crippen molar-refractivity contribution in [3.63, 3.8) is 0 Å². The smallest absolute Gasteiger partial charge is 0.339 e. The van der Waals surface area contributed by atoms with E-state index in [0.29, 0.717) is 12.2 Å². The van der Waals surface area contributed by atoms with Gasteiger partial charge < -0.3 is 10.1 Å². The summed E-state index contributed by atoms with van der Waals surface area (Å²) >= 11 is 1.65. The zero-order valence-electron chi connectivity index (χ0n) is 11.5. The molecule has 0 aromatic carbocycles. The van der Waals surface area contributed by atoms with Crippen molar-refractivity contribution in [2.45, 2.75) is 20.3 Å². The maximum absolute atomic E-state index is 11.5. The van der Waals surface area contributed by atoms with Gasteiger partial charge in [0.05, 0.1) is 22.9 Å². The number of carbonyl (C=O) groups excluding carboxylic acids is 1. The van der Waals surface area contributed by atoms with Crippen LogP contribution < -0.4 is 5.32 Å². The van der Waals surface area contributed by atoms with Crippen LogP contribution in [0.2, 0.25) is 0 Å². The number of rotatable bonds is 6. The highest BCUT2D eigenvalue weighted by Crippen LogP contribution is 2.10. The summed E-state index contributed by atoms with van der Waals surface area (Å²) in [5.41, 5.74) is 1.55. The molecule has 20 heavy (non-hydrogen) atoms. The number of hydrogen-bond acceptors (Lipinski definition) is 6. The van der Waals surface area contributed by atoms with Gasteiger partial charge in [0.15, 0.2) is 0 Å². The number of thiazole rings is 1. The topological polar surface area (TPSA) is 64.1 Å². The monoisotopic (exact) mass is 291 g/mol. The Morgan fingerprint density at radius 2 is 2.30 bits per heavy atom. The summed E-state index contributed by atoms with van der Waals surface area (Å²) in [7, 11) is 0. The van der Waals surface area contributed by atoms with Crippen molar-refractivity contribution in [3.8, 4) is 0 Å². The molecule has 106 valence electrons. The first-order valence-corrected chi connectivity index (χ1v) is 7.35. The third-order valence-corrected chi connectivity index (χ3v) is 3.45. The summed E-state index contributed by atoms with van der Waals surface area (Å²) in [6, 6.07) is 3.48. The van der Waals surface area contributed by atoms with Crippen LogP contribution in [0.15, 0.2) is 23.7 Å². The summed E-state index contributed by atoms with van der Waals surface area (Å²) in [6.07, 6.45) is 2.37. The SMILES string of the molecule is CCOC(=O)c1ccc(NCCc2csc(C)n2)nc1. The molecule has 0 saturated heterocycles. The zero-order chi connectivity index (χ0) is 14.4. The van der Waals surface area contributed by atoms with E-state index >= 15 is 0 Å². The van der Waals surface area contributed by atoms with Gasteiger partial charge in [-0.25, -0.2) is 14.8 Å². The predicted octanol–water partition coefficient (Wildman–Crippen LogP) is 2.68. The molecule has 0 aliphatic rings. The van der Waals surface area contributed by atoms with E-state index in [1.165, 1.54) is 6.20 Å². The lowest BCUT2D eigenvalue weighted by Gasteiger charge is -2.05. The lowest BCUT2D eigenvalue weighted by atomic mass is 10.3. The molecule has 1 N–H and O–H groups in total. The summed E-state index contributed by atoms with van der Waals surface area (Å²) in [5.74, 6) is 0.398. The minimum absolute atomic E-state index is 0.343. The van der Waals surface area contributed by atoms with Gasteiger partial charge in [0.2, 0.25) is 0 Å². The third kappa shape index (κ3) is 4.03. The molecule has 0 fully saturated rings. The second-order valence-corrected chi connectivity index (χ2v) is 5.25. The number of hydrogen-bond donors (Lipinski definition) is 1. The first-order chi connectivity index (χ1) is 9.69. The fourth-order valence-electron chi connectivity index (χ4n) is 1.68. The average Bonchev–Trinajstić information content (AvgIpc) is 2.85. The van der Waals surface area contributed by atoms with Gasteiger partial charge in [-0.3, -0.25) is 0 Å². The molecule has 2 rings (SSSR count). The van der Waals surface area contributed by atoms with Gasteiger partial charge in [0, 0.05) is 24.5 Å². The number of esters is 1. The molecule has 2 aromatic rings. The molecule has 2 aromatic heterocycles. The predicted molar refractivity (Wildman–Crippen MR) is 79.2 cm³/mol. The Bertz CT molecular complexity index is 566. The van der Waals surface area contributed by atoms with Gasteiger partial charge in [0.25, 0.3) is 0 Å². The number of nitrogens with zero attached hydrogens (tertiary/aromatic N) is 2. The van der Waals surface area contributed by atoms with Crippen molar-refractivity contribution in [1.82, 2.24) is 9.97 Å². The average molecular weight is 291 g/mol. The van der Waals surface area contributed by atoms with Gasteiger partial charge in [-0.15, -0.1) is 11.3 Å². The number of anilines is 1. The van der Waals surface area contributed by atoms with E-state index < -0.39 is 0 Å². The minimum Gasteiger partial charge on any atom is -0.462 e. The van der Waals surface area contributed by atoms with Crippen molar-refractivity contribution < 1.29 is 9.53 Å². The molecule has 0 amide bonds. The molecular formula is C14H17N3O2S. The summed E-state index contributed by atoms with van der Waals surface area (Å²) in [5, 5.41) is 6.35. The van der Waals surface area contributed by atoms with Crippen LogP contribution in [-0.2, 0) is 11.2 Å². The van der Waals surface area contributed by atoms with Crippen LogP contribution in [0.25, 0.3) is 0 Å². The number of aryl methyl sites for hydroxylation is 1. The molecule has 0 saturated carbocycles. The number of nitrogens with one attached hydrogen (secondary N) is 1. The quantitative estimate of drug-likeness (QED) is 0.829. The molecular weight excluding hydrogens is 274 g/mol. The number of pyridine rings is 1. The first kappa shape index (κ1) is 14.5. The van der Waals surface area contributed by atoms with Crippen molar-refractivity contribution in [2.75, 3.05) is 18.5 Å². The molecule has 5 nitrogen and oxygen atoms in total. The Labute approximate surface area is 122 Å². The second-order valence-electron chi connectivity index (χ2n) is 4.19. The van der Waals surface area contributed by atoms with E-state index in [2.05, 4.69) is 20.7 Å². The maximum atomic E-state index is 11.5. The van der Waals surface area contributed by atoms with Gasteiger partial charge in [0.1, 0.15) is 5.82 Å². The summed E-state index contributed by atoms with van der Waals surface area (Å²) in [4.78, 5) is 20.1. The fourth-order valence-corrected chi connectivity index (χ4v) is 2.32. The van der Waals surface area contributed by atoms with E-state index in [0.717, 1.165) is 29.5 Å². The number of ether oxygens (including phenoxy) is 1. The molecule has 0 aliphatic carbocycles. The van der Waals surface area contributed by atoms with Crippen LogP contribution in [0, 0.1) is 6.92 Å². The van der Waals surface area contributed by atoms with Gasteiger partial charge in [-0.2, -0.15) is 0 Å². The van der Waals surface area contributed by atoms with E-state index in [1.54, 1.807) is 30.4 Å². The van der Waals surface area contributed by atoms with Crippen LogP contribution in [0.5, 0.6) is 0 Å². The van der Waals surface area contributed by atoms with Crippen LogP contribution in [0.3, 0.4) is 0 Å². The molecule has 0 atom stereocenters. The Hall–Kier alpha value is -1.95. The first-order valence-electron chi connectivity index (χ1n) is 6.47. The maximum Gasteiger partial charge on any atom is 0.339 e.